The molecule has 1 aromatic heterocycles. The maximum atomic E-state index is 13.8. The first-order chi connectivity index (χ1) is 16.1. The lowest BCUT2D eigenvalue weighted by molar-refractivity contribution is -0.116. The number of nitrogens with one attached hydrogen (secondary N) is 1. The average Bonchev–Trinajstić information content (AvgIpc) is 3.15. The molecular formula is C23H27F3N4O3S. The van der Waals surface area contributed by atoms with Crippen LogP contribution in [0.25, 0.3) is 11.0 Å². The number of anilines is 1. The van der Waals surface area contributed by atoms with Crippen LogP contribution in [0.1, 0.15) is 39.4 Å². The molecule has 0 fully saturated rings. The molecule has 11 heteroatoms. The van der Waals surface area contributed by atoms with Gasteiger partial charge in [0.25, 0.3) is 0 Å². The second-order valence-corrected chi connectivity index (χ2v) is 9.63. The molecule has 1 N–H and O–H groups in total. The van der Waals surface area contributed by atoms with Gasteiger partial charge < -0.3 is 9.88 Å². The molecule has 0 bridgehead atoms. The summed E-state index contributed by atoms with van der Waals surface area (Å²) in [4.78, 5) is 17.0. The predicted octanol–water partition coefficient (Wildman–Crippen LogP) is 4.47. The minimum Gasteiger partial charge on any atom is -0.328 e. The molecule has 1 amide bonds. The van der Waals surface area contributed by atoms with Crippen molar-refractivity contribution in [1.29, 1.82) is 0 Å². The Labute approximate surface area is 196 Å². The maximum absolute atomic E-state index is 13.8. The molecule has 3 rings (SSSR count). The quantitative estimate of drug-likeness (QED) is 0.420. The molecule has 0 atom stereocenters. The van der Waals surface area contributed by atoms with Crippen molar-refractivity contribution in [2.24, 2.45) is 0 Å². The number of carbonyl (C=O) groups excluding carboxylic acids is 1. The van der Waals surface area contributed by atoms with Crippen LogP contribution in [0.3, 0.4) is 0 Å². The SMILES string of the molecule is CCCn1c(CCC(=O)Nc2ccc(F)c(F)c2F)nc2cc(S(=O)(=O)N(CC)CC)ccc21. The Morgan fingerprint density at radius 3 is 2.41 bits per heavy atom. The van der Waals surface area contributed by atoms with Gasteiger partial charge in [-0.3, -0.25) is 4.79 Å². The van der Waals surface area contributed by atoms with Gasteiger partial charge >= 0.3 is 0 Å². The molecule has 34 heavy (non-hydrogen) atoms. The Hall–Kier alpha value is -2.92. The van der Waals surface area contributed by atoms with Gasteiger partial charge in [0.05, 0.1) is 21.6 Å². The van der Waals surface area contributed by atoms with Crippen LogP contribution in [-0.4, -0.2) is 41.3 Å². The molecule has 3 aromatic rings. The highest BCUT2D eigenvalue weighted by Crippen LogP contribution is 2.24. The summed E-state index contributed by atoms with van der Waals surface area (Å²) >= 11 is 0. The van der Waals surface area contributed by atoms with E-state index in [1.165, 1.54) is 10.4 Å². The number of amides is 1. The molecule has 0 radical (unpaired) electrons. The molecule has 0 unspecified atom stereocenters. The molecule has 7 nitrogen and oxygen atoms in total. The van der Waals surface area contributed by atoms with Gasteiger partial charge in [0.1, 0.15) is 5.82 Å². The number of rotatable bonds is 10. The first-order valence-electron chi connectivity index (χ1n) is 11.1. The van der Waals surface area contributed by atoms with Crippen LogP contribution in [-0.2, 0) is 27.8 Å². The number of nitrogens with zero attached hydrogens (tertiary/aromatic N) is 3. The van der Waals surface area contributed by atoms with Crippen molar-refractivity contribution in [2.45, 2.75) is 51.5 Å². The van der Waals surface area contributed by atoms with Gasteiger partial charge in [-0.15, -0.1) is 0 Å². The van der Waals surface area contributed by atoms with E-state index in [9.17, 15) is 26.4 Å². The minimum absolute atomic E-state index is 0.0872. The Morgan fingerprint density at radius 2 is 1.76 bits per heavy atom. The van der Waals surface area contributed by atoms with Crippen molar-refractivity contribution < 1.29 is 26.4 Å². The molecule has 1 heterocycles. The normalized spacial score (nSPS) is 12.0. The van der Waals surface area contributed by atoms with Gasteiger partial charge in [-0.05, 0) is 36.8 Å². The largest absolute Gasteiger partial charge is 0.328 e. The fraction of sp³-hybridized carbons (Fsp3) is 0.391. The van der Waals surface area contributed by atoms with Crippen LogP contribution in [0, 0.1) is 17.5 Å². The summed E-state index contributed by atoms with van der Waals surface area (Å²) in [7, 11) is -3.65. The number of benzene rings is 2. The van der Waals surface area contributed by atoms with Crippen molar-refractivity contribution in [1.82, 2.24) is 13.9 Å². The highest BCUT2D eigenvalue weighted by Gasteiger charge is 2.23. The third-order valence-electron chi connectivity index (χ3n) is 5.47. The standard InChI is InChI=1S/C23H27F3N4O3S/c1-4-13-30-19-10-7-15(34(32,33)29(5-2)6-3)14-18(19)27-20(30)11-12-21(31)28-17-9-8-16(24)22(25)23(17)26/h7-10,14H,4-6,11-13H2,1-3H3,(H,28,31). The van der Waals surface area contributed by atoms with Gasteiger partial charge in [-0.2, -0.15) is 4.31 Å². The zero-order valence-electron chi connectivity index (χ0n) is 19.2. The molecule has 0 saturated heterocycles. The molecule has 0 aliphatic carbocycles. The summed E-state index contributed by atoms with van der Waals surface area (Å²) in [6.45, 7) is 6.82. The Bertz CT molecular complexity index is 1300. The lowest BCUT2D eigenvalue weighted by atomic mass is 10.2. The number of aromatic nitrogens is 2. The van der Waals surface area contributed by atoms with E-state index in [1.807, 2.05) is 11.5 Å². The van der Waals surface area contributed by atoms with Crippen molar-refractivity contribution >= 4 is 32.7 Å². The van der Waals surface area contributed by atoms with Crippen LogP contribution >= 0.6 is 0 Å². The third-order valence-corrected chi connectivity index (χ3v) is 7.52. The first kappa shape index (κ1) is 25.7. The number of sulfonamides is 1. The minimum atomic E-state index is -3.65. The molecule has 0 aliphatic heterocycles. The van der Waals surface area contributed by atoms with E-state index >= 15 is 0 Å². The molecule has 2 aromatic carbocycles. The van der Waals surface area contributed by atoms with Gasteiger partial charge in [-0.1, -0.05) is 20.8 Å². The van der Waals surface area contributed by atoms with E-state index in [0.717, 1.165) is 24.1 Å². The van der Waals surface area contributed by atoms with Crippen LogP contribution in [0.5, 0.6) is 0 Å². The smallest absolute Gasteiger partial charge is 0.243 e. The second kappa shape index (κ2) is 10.6. The summed E-state index contributed by atoms with van der Waals surface area (Å²) < 4.78 is 69.3. The lowest BCUT2D eigenvalue weighted by Crippen LogP contribution is -2.30. The first-order valence-corrected chi connectivity index (χ1v) is 12.5. The monoisotopic (exact) mass is 496 g/mol. The van der Waals surface area contributed by atoms with Gasteiger partial charge in [0.15, 0.2) is 17.5 Å². The number of halogens is 3. The third kappa shape index (κ3) is 5.10. The summed E-state index contributed by atoms with van der Waals surface area (Å²) in [6.07, 6.45) is 0.879. The van der Waals surface area contributed by atoms with Crippen LogP contribution < -0.4 is 5.32 Å². The lowest BCUT2D eigenvalue weighted by Gasteiger charge is -2.18. The number of imidazole rings is 1. The van der Waals surface area contributed by atoms with Crippen LogP contribution in [0.2, 0.25) is 0 Å². The Morgan fingerprint density at radius 1 is 1.06 bits per heavy atom. The van der Waals surface area contributed by atoms with Crippen molar-refractivity contribution in [3.05, 3.63) is 53.6 Å². The van der Waals surface area contributed by atoms with Gasteiger partial charge in [0, 0.05) is 32.5 Å². The van der Waals surface area contributed by atoms with E-state index < -0.39 is 39.1 Å². The maximum Gasteiger partial charge on any atom is 0.243 e. The van der Waals surface area contributed by atoms with E-state index in [1.54, 1.807) is 26.0 Å². The van der Waals surface area contributed by atoms with E-state index in [-0.39, 0.29) is 17.7 Å². The highest BCUT2D eigenvalue weighted by molar-refractivity contribution is 7.89. The molecule has 184 valence electrons. The summed E-state index contributed by atoms with van der Waals surface area (Å²) in [5.74, 6) is -4.49. The predicted molar refractivity (Wildman–Crippen MR) is 123 cm³/mol. The zero-order valence-corrected chi connectivity index (χ0v) is 20.1. The topological polar surface area (TPSA) is 84.3 Å². The van der Waals surface area contributed by atoms with E-state index in [2.05, 4.69) is 10.3 Å². The van der Waals surface area contributed by atoms with Gasteiger partial charge in [0.2, 0.25) is 15.9 Å². The number of fused-ring (bicyclic) bond motifs is 1. The fourth-order valence-electron chi connectivity index (χ4n) is 3.76. The van der Waals surface area contributed by atoms with Gasteiger partial charge in [-0.25, -0.2) is 26.6 Å². The summed E-state index contributed by atoms with van der Waals surface area (Å²) in [5.41, 5.74) is 0.781. The van der Waals surface area contributed by atoms with Crippen LogP contribution in [0.15, 0.2) is 35.2 Å². The Balaban J connectivity index is 1.85. The molecular weight excluding hydrogens is 469 g/mol. The van der Waals surface area contributed by atoms with Crippen molar-refractivity contribution in [2.75, 3.05) is 18.4 Å². The number of hydrogen-bond acceptors (Lipinski definition) is 4. The van der Waals surface area contributed by atoms with E-state index in [0.29, 0.717) is 31.0 Å². The number of carbonyl (C=O) groups is 1. The molecule has 0 aliphatic rings. The summed E-state index contributed by atoms with van der Waals surface area (Å²) in [6, 6.07) is 6.46. The van der Waals surface area contributed by atoms with Crippen molar-refractivity contribution in [3.8, 4) is 0 Å². The summed E-state index contributed by atoms with van der Waals surface area (Å²) in [5, 5.41) is 2.25. The Kier molecular flexibility index (Phi) is 7.98. The van der Waals surface area contributed by atoms with Crippen molar-refractivity contribution in [3.63, 3.8) is 0 Å². The number of hydrogen-bond donors (Lipinski definition) is 1. The van der Waals surface area contributed by atoms with Crippen LogP contribution in [0.4, 0.5) is 18.9 Å². The molecule has 0 saturated carbocycles. The average molecular weight is 497 g/mol. The second-order valence-electron chi connectivity index (χ2n) is 7.69. The van der Waals surface area contributed by atoms with E-state index in [4.69, 9.17) is 0 Å². The highest BCUT2D eigenvalue weighted by atomic mass is 32.2. The zero-order chi connectivity index (χ0) is 25.0. The molecule has 0 spiro atoms. The fourth-order valence-corrected chi connectivity index (χ4v) is 5.24. The number of aryl methyl sites for hydroxylation is 2.